The lowest BCUT2D eigenvalue weighted by Crippen LogP contribution is -2.54. The van der Waals surface area contributed by atoms with Crippen LogP contribution in [0.5, 0.6) is 0 Å². The highest BCUT2D eigenvalue weighted by atomic mass is 32.2. The normalized spacial score (nSPS) is 33.1. The van der Waals surface area contributed by atoms with Crippen molar-refractivity contribution in [1.29, 1.82) is 0 Å². The molecular formula is C12H22N2O2S. The summed E-state index contributed by atoms with van der Waals surface area (Å²) in [5.74, 6) is 2.15. The van der Waals surface area contributed by atoms with Gasteiger partial charge in [-0.25, -0.2) is 0 Å². The quantitative estimate of drug-likeness (QED) is 0.768. The Morgan fingerprint density at radius 3 is 3.00 bits per heavy atom. The summed E-state index contributed by atoms with van der Waals surface area (Å²) >= 11 is 1.85. The van der Waals surface area contributed by atoms with E-state index in [1.54, 1.807) is 0 Å². The van der Waals surface area contributed by atoms with Gasteiger partial charge in [0.1, 0.15) is 0 Å². The van der Waals surface area contributed by atoms with Crippen molar-refractivity contribution in [2.45, 2.75) is 44.4 Å². The molecule has 2 aliphatic rings. The van der Waals surface area contributed by atoms with Gasteiger partial charge >= 0.3 is 0 Å². The number of hydrogen-bond acceptors (Lipinski definition) is 4. The van der Waals surface area contributed by atoms with Crippen molar-refractivity contribution in [1.82, 2.24) is 10.6 Å². The Morgan fingerprint density at radius 1 is 1.53 bits per heavy atom. The van der Waals surface area contributed by atoms with Gasteiger partial charge in [-0.2, -0.15) is 11.8 Å². The van der Waals surface area contributed by atoms with Crippen LogP contribution in [0.2, 0.25) is 0 Å². The summed E-state index contributed by atoms with van der Waals surface area (Å²) in [6.07, 6.45) is 1.83. The first-order valence-corrected chi connectivity index (χ1v) is 7.48. The number of carbonyl (C=O) groups excluding carboxylic acids is 1. The van der Waals surface area contributed by atoms with Crippen LogP contribution in [0.1, 0.15) is 26.7 Å². The van der Waals surface area contributed by atoms with Crippen molar-refractivity contribution >= 4 is 17.7 Å². The first-order valence-electron chi connectivity index (χ1n) is 6.32. The zero-order valence-electron chi connectivity index (χ0n) is 10.6. The molecule has 5 heteroatoms. The molecule has 2 heterocycles. The predicted molar refractivity (Wildman–Crippen MR) is 70.3 cm³/mol. The van der Waals surface area contributed by atoms with Crippen LogP contribution in [0, 0.1) is 0 Å². The Bertz CT molecular complexity index is 278. The zero-order valence-corrected chi connectivity index (χ0v) is 11.4. The highest BCUT2D eigenvalue weighted by molar-refractivity contribution is 7.99. The number of carbonyl (C=O) groups is 1. The van der Waals surface area contributed by atoms with E-state index in [0.29, 0.717) is 0 Å². The third-order valence-electron chi connectivity index (χ3n) is 3.28. The second-order valence-electron chi connectivity index (χ2n) is 5.39. The SMILES string of the molecule is CC1(C)CC(NC(=O)C2CSCCN2)CCO1. The molecule has 0 aromatic rings. The molecule has 2 unspecified atom stereocenters. The highest BCUT2D eigenvalue weighted by Crippen LogP contribution is 2.24. The molecule has 2 atom stereocenters. The molecule has 98 valence electrons. The fourth-order valence-electron chi connectivity index (χ4n) is 2.39. The minimum Gasteiger partial charge on any atom is -0.375 e. The predicted octanol–water partition coefficient (Wildman–Crippen LogP) is 0.765. The third-order valence-corrected chi connectivity index (χ3v) is 4.34. The number of rotatable bonds is 2. The Labute approximate surface area is 107 Å². The molecule has 2 aliphatic heterocycles. The van der Waals surface area contributed by atoms with Crippen LogP contribution in [-0.4, -0.2) is 48.2 Å². The maximum atomic E-state index is 12.0. The molecular weight excluding hydrogens is 236 g/mol. The van der Waals surface area contributed by atoms with Crippen LogP contribution in [0.15, 0.2) is 0 Å². The first-order chi connectivity index (χ1) is 8.07. The van der Waals surface area contributed by atoms with Gasteiger partial charge in [0, 0.05) is 30.7 Å². The Kier molecular flexibility index (Phi) is 4.33. The lowest BCUT2D eigenvalue weighted by molar-refractivity contribution is -0.125. The molecule has 0 saturated carbocycles. The van der Waals surface area contributed by atoms with E-state index in [9.17, 15) is 4.79 Å². The fraction of sp³-hybridized carbons (Fsp3) is 0.917. The van der Waals surface area contributed by atoms with Crippen LogP contribution in [0.25, 0.3) is 0 Å². The molecule has 0 radical (unpaired) electrons. The molecule has 2 fully saturated rings. The number of nitrogens with one attached hydrogen (secondary N) is 2. The van der Waals surface area contributed by atoms with Crippen molar-refractivity contribution in [3.05, 3.63) is 0 Å². The summed E-state index contributed by atoms with van der Waals surface area (Å²) in [6, 6.07) is 0.250. The van der Waals surface area contributed by atoms with Gasteiger partial charge in [-0.05, 0) is 26.7 Å². The van der Waals surface area contributed by atoms with Gasteiger partial charge in [-0.15, -0.1) is 0 Å². The smallest absolute Gasteiger partial charge is 0.238 e. The summed E-state index contributed by atoms with van der Waals surface area (Å²) < 4.78 is 5.65. The van der Waals surface area contributed by atoms with Crippen molar-refractivity contribution in [3.63, 3.8) is 0 Å². The van der Waals surface area contributed by atoms with E-state index in [4.69, 9.17) is 4.74 Å². The van der Waals surface area contributed by atoms with Crippen LogP contribution >= 0.6 is 11.8 Å². The van der Waals surface area contributed by atoms with E-state index in [0.717, 1.165) is 37.5 Å². The molecule has 4 nitrogen and oxygen atoms in total. The zero-order chi connectivity index (χ0) is 12.3. The van der Waals surface area contributed by atoms with Crippen molar-refractivity contribution < 1.29 is 9.53 Å². The molecule has 0 aromatic carbocycles. The van der Waals surface area contributed by atoms with Crippen molar-refractivity contribution in [2.75, 3.05) is 24.7 Å². The molecule has 2 rings (SSSR count). The average molecular weight is 258 g/mol. The van der Waals surface area contributed by atoms with E-state index in [1.165, 1.54) is 0 Å². The topological polar surface area (TPSA) is 50.4 Å². The first kappa shape index (κ1) is 13.2. The van der Waals surface area contributed by atoms with Gasteiger partial charge in [-0.1, -0.05) is 0 Å². The fourth-order valence-corrected chi connectivity index (χ4v) is 3.32. The minimum absolute atomic E-state index is 0.0142. The van der Waals surface area contributed by atoms with E-state index < -0.39 is 0 Å². The molecule has 1 amide bonds. The van der Waals surface area contributed by atoms with Crippen molar-refractivity contribution in [2.24, 2.45) is 0 Å². The molecule has 0 spiro atoms. The van der Waals surface area contributed by atoms with Crippen LogP contribution in [0.4, 0.5) is 0 Å². The average Bonchev–Trinajstić information content (AvgIpc) is 2.29. The molecule has 0 aromatic heterocycles. The van der Waals surface area contributed by atoms with Gasteiger partial charge in [0.05, 0.1) is 11.6 Å². The van der Waals surface area contributed by atoms with Gasteiger partial charge < -0.3 is 15.4 Å². The largest absolute Gasteiger partial charge is 0.375 e. The van der Waals surface area contributed by atoms with E-state index >= 15 is 0 Å². The summed E-state index contributed by atoms with van der Waals surface area (Å²) in [5, 5.41) is 6.41. The Balaban J connectivity index is 1.81. The second-order valence-corrected chi connectivity index (χ2v) is 6.54. The standard InChI is InChI=1S/C12H22N2O2S/c1-12(2)7-9(3-5-16-12)14-11(15)10-8-17-6-4-13-10/h9-10,13H,3-8H2,1-2H3,(H,14,15). The summed E-state index contributed by atoms with van der Waals surface area (Å²) in [4.78, 5) is 12.0. The molecule has 0 bridgehead atoms. The van der Waals surface area contributed by atoms with Crippen molar-refractivity contribution in [3.8, 4) is 0 Å². The van der Waals surface area contributed by atoms with Gasteiger partial charge in [0.2, 0.25) is 5.91 Å². The van der Waals surface area contributed by atoms with E-state index in [1.807, 2.05) is 11.8 Å². The van der Waals surface area contributed by atoms with Crippen LogP contribution in [0.3, 0.4) is 0 Å². The Morgan fingerprint density at radius 2 is 2.35 bits per heavy atom. The molecule has 2 N–H and O–H groups in total. The minimum atomic E-state index is -0.106. The summed E-state index contributed by atoms with van der Waals surface area (Å²) in [6.45, 7) is 5.84. The monoisotopic (exact) mass is 258 g/mol. The number of ether oxygens (including phenoxy) is 1. The van der Waals surface area contributed by atoms with E-state index in [2.05, 4.69) is 24.5 Å². The lowest BCUT2D eigenvalue weighted by atomic mass is 9.94. The third kappa shape index (κ3) is 3.86. The van der Waals surface area contributed by atoms with E-state index in [-0.39, 0.29) is 23.6 Å². The van der Waals surface area contributed by atoms with Gasteiger partial charge in [0.15, 0.2) is 0 Å². The van der Waals surface area contributed by atoms with Crippen LogP contribution < -0.4 is 10.6 Å². The molecule has 2 saturated heterocycles. The molecule has 0 aliphatic carbocycles. The summed E-state index contributed by atoms with van der Waals surface area (Å²) in [7, 11) is 0. The highest BCUT2D eigenvalue weighted by Gasteiger charge is 2.31. The summed E-state index contributed by atoms with van der Waals surface area (Å²) in [5.41, 5.74) is -0.106. The van der Waals surface area contributed by atoms with Crippen LogP contribution in [-0.2, 0) is 9.53 Å². The number of amides is 1. The molecule has 17 heavy (non-hydrogen) atoms. The van der Waals surface area contributed by atoms with Gasteiger partial charge in [0.25, 0.3) is 0 Å². The number of thioether (sulfide) groups is 1. The number of hydrogen-bond donors (Lipinski definition) is 2. The lowest BCUT2D eigenvalue weighted by Gasteiger charge is -2.36. The maximum Gasteiger partial charge on any atom is 0.238 e. The maximum absolute atomic E-state index is 12.0. The Hall–Kier alpha value is -0.260. The van der Waals surface area contributed by atoms with Gasteiger partial charge in [-0.3, -0.25) is 4.79 Å². The second kappa shape index (κ2) is 5.59.